The number of fused-ring (bicyclic) bond motifs is 7. The Labute approximate surface area is 312 Å². The van der Waals surface area contributed by atoms with E-state index in [2.05, 4.69) is 20.1 Å². The molecule has 4 N–H and O–H groups in total. The predicted octanol–water partition coefficient (Wildman–Crippen LogP) is 2.27. The number of rotatable bonds is 4. The van der Waals surface area contributed by atoms with E-state index in [-0.39, 0.29) is 79.9 Å². The van der Waals surface area contributed by atoms with Crippen LogP contribution in [0.4, 0.5) is 0 Å². The molecule has 7 rings (SSSR count). The number of ketones is 2. The topological polar surface area (TPSA) is 180 Å². The average Bonchev–Trinajstić information content (AvgIpc) is 3.76. The third-order valence-corrected chi connectivity index (χ3v) is 13.1. The zero-order valence-electron chi connectivity index (χ0n) is 31.2. The number of Topliss-reactive ketones (excluding diaryl/α,β-unsaturated/α-hetero) is 2. The Morgan fingerprint density at radius 2 is 1.45 bits per heavy atom. The minimum Gasteiger partial charge on any atom is -0.394 e. The number of carbonyl (C=O) groups excluding carboxylic acids is 2. The molecule has 0 radical (unpaired) electrons. The van der Waals surface area contributed by atoms with E-state index in [1.165, 1.54) is 0 Å². The van der Waals surface area contributed by atoms with Gasteiger partial charge in [0.25, 0.3) is 0 Å². The van der Waals surface area contributed by atoms with Crippen LogP contribution in [0, 0.1) is 11.8 Å². The second-order valence-electron chi connectivity index (χ2n) is 16.8. The predicted molar refractivity (Wildman–Crippen MR) is 189 cm³/mol. The lowest BCUT2D eigenvalue weighted by Crippen LogP contribution is -2.61. The highest BCUT2D eigenvalue weighted by atomic mass is 16.6. The summed E-state index contributed by atoms with van der Waals surface area (Å²) >= 11 is 0. The van der Waals surface area contributed by atoms with Crippen molar-refractivity contribution in [2.24, 2.45) is 11.8 Å². The summed E-state index contributed by atoms with van der Waals surface area (Å²) in [6.45, 7) is 10.4. The molecule has 7 aliphatic heterocycles. The molecule has 7 heterocycles. The van der Waals surface area contributed by atoms with E-state index in [1.807, 2.05) is 0 Å². The molecule has 0 aromatic carbocycles. The van der Waals surface area contributed by atoms with Crippen molar-refractivity contribution >= 4 is 11.6 Å². The zero-order valence-corrected chi connectivity index (χ0v) is 31.2. The molecule has 18 atom stereocenters. The van der Waals surface area contributed by atoms with Gasteiger partial charge >= 0.3 is 0 Å². The van der Waals surface area contributed by atoms with E-state index in [0.29, 0.717) is 32.1 Å². The number of ether oxygens (including phenoxy) is 7. The molecule has 298 valence electrons. The second kappa shape index (κ2) is 16.9. The summed E-state index contributed by atoms with van der Waals surface area (Å²) in [5.74, 6) is -0.221. The molecule has 13 nitrogen and oxygen atoms in total. The first-order chi connectivity index (χ1) is 25.4. The van der Waals surface area contributed by atoms with E-state index in [0.717, 1.165) is 30.4 Å². The summed E-state index contributed by atoms with van der Waals surface area (Å²) < 4.78 is 44.3. The number of aliphatic hydroxyl groups is 4. The smallest absolute Gasteiger partial charge is 0.135 e. The molecule has 5 unspecified atom stereocenters. The van der Waals surface area contributed by atoms with E-state index in [9.17, 15) is 30.0 Å². The van der Waals surface area contributed by atoms with Crippen molar-refractivity contribution in [3.8, 4) is 0 Å². The van der Waals surface area contributed by atoms with E-state index in [4.69, 9.17) is 33.2 Å². The van der Waals surface area contributed by atoms with Gasteiger partial charge in [-0.2, -0.15) is 0 Å². The molecular weight excluding hydrogens is 688 g/mol. The maximum absolute atomic E-state index is 13.9. The lowest BCUT2D eigenvalue weighted by molar-refractivity contribution is -0.259. The Bertz CT molecular complexity index is 1340. The maximum Gasteiger partial charge on any atom is 0.135 e. The fourth-order valence-corrected chi connectivity index (χ4v) is 10.1. The van der Waals surface area contributed by atoms with Crippen LogP contribution in [0.1, 0.15) is 90.4 Å². The van der Waals surface area contributed by atoms with Crippen LogP contribution in [-0.4, -0.2) is 143 Å². The summed E-state index contributed by atoms with van der Waals surface area (Å²) in [6, 6.07) is 0. The number of hydrogen-bond donors (Lipinski definition) is 4. The van der Waals surface area contributed by atoms with Crippen molar-refractivity contribution in [3.05, 3.63) is 24.3 Å². The van der Waals surface area contributed by atoms with Crippen molar-refractivity contribution in [2.45, 2.75) is 188 Å². The molecule has 0 amide bonds. The molecule has 0 saturated carbocycles. The standard InChI is InChI=1S/C40H60O13/c1-19-11-26-7-9-29-20(2)12-25(48-29)6-5-22(42)15-33-35(45)39-40(53-33)36(46)38-30(52-39)10-8-27(50-38)13-23(43)14-28-32(17-31(49-26)21(19)3)51-34(37(28)47-4)16-24(44)18-41/h19,24-41,44-46H,2-3,5-18H2,1,4H3/t19-,24+,25?,26+,27-,28?,29?,30+,31?,32+,33-,34?,35+,36+,37-,38+,39+,40+/m1/s1. The lowest BCUT2D eigenvalue weighted by Gasteiger charge is -2.46. The molecule has 0 aromatic rings. The molecule has 0 spiro atoms. The maximum atomic E-state index is 13.9. The van der Waals surface area contributed by atoms with Crippen molar-refractivity contribution in [3.63, 3.8) is 0 Å². The van der Waals surface area contributed by atoms with Crippen molar-refractivity contribution in [1.82, 2.24) is 0 Å². The van der Waals surface area contributed by atoms with Crippen LogP contribution in [0.15, 0.2) is 24.3 Å². The van der Waals surface area contributed by atoms with Crippen LogP contribution in [0.5, 0.6) is 0 Å². The SMILES string of the molecule is C=C1CC2CCC(=O)C[C@H]3O[C@H]4[C@@H](O)[C@H]5O[C@H](CC[C@@H]5O[C@H]4[C@H]3O)CC(=O)CC3[C@@H](OC)C(C[C@H](O)CO)O[C@H]3CC3O[C@@H](CCC1O2)C[C@@H](C)C3=C. The van der Waals surface area contributed by atoms with E-state index in [1.54, 1.807) is 7.11 Å². The van der Waals surface area contributed by atoms with Gasteiger partial charge in [0.15, 0.2) is 0 Å². The van der Waals surface area contributed by atoms with Gasteiger partial charge in [0.2, 0.25) is 0 Å². The summed E-state index contributed by atoms with van der Waals surface area (Å²) in [7, 11) is 1.58. The lowest BCUT2D eigenvalue weighted by atomic mass is 9.81. The molecule has 7 aliphatic rings. The summed E-state index contributed by atoms with van der Waals surface area (Å²) in [5, 5.41) is 42.6. The summed E-state index contributed by atoms with van der Waals surface area (Å²) in [4.78, 5) is 27.0. The average molecular weight is 749 g/mol. The Morgan fingerprint density at radius 3 is 2.23 bits per heavy atom. The van der Waals surface area contributed by atoms with Gasteiger partial charge in [0.1, 0.15) is 42.1 Å². The molecular formula is C40H60O13. The highest BCUT2D eigenvalue weighted by Crippen LogP contribution is 2.43. The van der Waals surface area contributed by atoms with Gasteiger partial charge < -0.3 is 53.6 Å². The van der Waals surface area contributed by atoms with E-state index < -0.39 is 79.9 Å². The van der Waals surface area contributed by atoms with Crippen molar-refractivity contribution in [2.75, 3.05) is 13.7 Å². The molecule has 8 bridgehead atoms. The quantitative estimate of drug-likeness (QED) is 0.308. The monoisotopic (exact) mass is 748 g/mol. The van der Waals surface area contributed by atoms with Gasteiger partial charge in [-0.3, -0.25) is 9.59 Å². The molecule has 13 heteroatoms. The fourth-order valence-electron chi connectivity index (χ4n) is 10.1. The Hall–Kier alpha value is -1.62. The molecule has 7 fully saturated rings. The van der Waals surface area contributed by atoms with Crippen molar-refractivity contribution < 1.29 is 63.2 Å². The summed E-state index contributed by atoms with van der Waals surface area (Å²) in [6.07, 6.45) is -3.55. The van der Waals surface area contributed by atoms with Gasteiger partial charge in [0, 0.05) is 51.6 Å². The molecule has 53 heavy (non-hydrogen) atoms. The Kier molecular flexibility index (Phi) is 12.6. The van der Waals surface area contributed by atoms with Gasteiger partial charge in [0.05, 0.1) is 73.8 Å². The second-order valence-corrected chi connectivity index (χ2v) is 16.8. The van der Waals surface area contributed by atoms with Gasteiger partial charge in [-0.15, -0.1) is 0 Å². The van der Waals surface area contributed by atoms with E-state index >= 15 is 0 Å². The third kappa shape index (κ3) is 8.56. The highest BCUT2D eigenvalue weighted by molar-refractivity contribution is 5.79. The zero-order chi connectivity index (χ0) is 37.6. The van der Waals surface area contributed by atoms with Crippen LogP contribution in [0.3, 0.4) is 0 Å². The first-order valence-corrected chi connectivity index (χ1v) is 19.9. The Balaban J connectivity index is 1.11. The first kappa shape index (κ1) is 39.6. The highest BCUT2D eigenvalue weighted by Gasteiger charge is 2.57. The molecule has 7 saturated heterocycles. The molecule has 0 aliphatic carbocycles. The normalized spacial score (nSPS) is 47.7. The number of methoxy groups -OCH3 is 1. The Morgan fingerprint density at radius 1 is 0.736 bits per heavy atom. The van der Waals surface area contributed by atoms with Crippen LogP contribution in [-0.2, 0) is 42.7 Å². The largest absolute Gasteiger partial charge is 0.394 e. The minimum absolute atomic E-state index is 0.00643. The fraction of sp³-hybridized carbons (Fsp3) is 0.850. The first-order valence-electron chi connectivity index (χ1n) is 19.9. The number of aliphatic hydroxyl groups excluding tert-OH is 4. The minimum atomic E-state index is -1.10. The third-order valence-electron chi connectivity index (χ3n) is 13.1. The van der Waals surface area contributed by atoms with Gasteiger partial charge in [-0.1, -0.05) is 20.1 Å². The van der Waals surface area contributed by atoms with Gasteiger partial charge in [-0.05, 0) is 62.0 Å². The molecule has 0 aromatic heterocycles. The number of carbonyl (C=O) groups is 2. The van der Waals surface area contributed by atoms with Gasteiger partial charge in [-0.25, -0.2) is 0 Å². The van der Waals surface area contributed by atoms with Crippen LogP contribution in [0.2, 0.25) is 0 Å². The van der Waals surface area contributed by atoms with Crippen molar-refractivity contribution in [1.29, 1.82) is 0 Å². The van der Waals surface area contributed by atoms with Crippen LogP contribution < -0.4 is 0 Å². The van der Waals surface area contributed by atoms with Crippen LogP contribution >= 0.6 is 0 Å². The van der Waals surface area contributed by atoms with Crippen LogP contribution in [0.25, 0.3) is 0 Å². The number of hydrogen-bond acceptors (Lipinski definition) is 13. The summed E-state index contributed by atoms with van der Waals surface area (Å²) in [5.41, 5.74) is 2.00.